The van der Waals surface area contributed by atoms with Crippen LogP contribution in [-0.4, -0.2) is 11.0 Å². The van der Waals surface area contributed by atoms with E-state index < -0.39 is 0 Å². The van der Waals surface area contributed by atoms with Crippen LogP contribution in [-0.2, 0) is 4.79 Å². The van der Waals surface area contributed by atoms with E-state index in [1.165, 1.54) is 0 Å². The van der Waals surface area contributed by atoms with Gasteiger partial charge in [0.1, 0.15) is 5.75 Å². The van der Waals surface area contributed by atoms with Gasteiger partial charge in [0.15, 0.2) is 0 Å². The van der Waals surface area contributed by atoms with Crippen molar-refractivity contribution in [1.29, 1.82) is 0 Å². The monoisotopic (exact) mass is 177 g/mol. The SMILES string of the molecule is CC[C@@H]1C(=O)Nc2cc(O)ccc21. The van der Waals surface area contributed by atoms with E-state index in [1.807, 2.05) is 6.92 Å². The Labute approximate surface area is 76.4 Å². The number of rotatable bonds is 1. The minimum atomic E-state index is -0.0457. The van der Waals surface area contributed by atoms with Gasteiger partial charge in [0, 0.05) is 11.8 Å². The second-order valence-corrected chi connectivity index (χ2v) is 3.22. The molecule has 0 fully saturated rings. The lowest BCUT2D eigenvalue weighted by Gasteiger charge is -2.03. The van der Waals surface area contributed by atoms with E-state index >= 15 is 0 Å². The van der Waals surface area contributed by atoms with Gasteiger partial charge < -0.3 is 10.4 Å². The maximum Gasteiger partial charge on any atom is 0.231 e. The molecule has 0 unspecified atom stereocenters. The highest BCUT2D eigenvalue weighted by Crippen LogP contribution is 2.36. The third-order valence-corrected chi connectivity index (χ3v) is 2.39. The van der Waals surface area contributed by atoms with Gasteiger partial charge >= 0.3 is 0 Å². The summed E-state index contributed by atoms with van der Waals surface area (Å²) >= 11 is 0. The molecule has 3 heteroatoms. The Morgan fingerprint density at radius 1 is 1.54 bits per heavy atom. The third-order valence-electron chi connectivity index (χ3n) is 2.39. The Kier molecular flexibility index (Phi) is 1.72. The molecule has 1 aliphatic rings. The highest BCUT2D eigenvalue weighted by Gasteiger charge is 2.28. The molecule has 0 spiro atoms. The number of fused-ring (bicyclic) bond motifs is 1. The lowest BCUT2D eigenvalue weighted by molar-refractivity contribution is -0.117. The molecule has 0 saturated carbocycles. The summed E-state index contributed by atoms with van der Waals surface area (Å²) in [7, 11) is 0. The lowest BCUT2D eigenvalue weighted by atomic mass is 9.98. The van der Waals surface area contributed by atoms with E-state index in [0.717, 1.165) is 17.7 Å². The molecule has 1 aromatic rings. The molecule has 1 aromatic carbocycles. The van der Waals surface area contributed by atoms with Crippen molar-refractivity contribution < 1.29 is 9.90 Å². The summed E-state index contributed by atoms with van der Waals surface area (Å²) in [5.41, 5.74) is 1.74. The Bertz CT molecular complexity index is 360. The summed E-state index contributed by atoms with van der Waals surface area (Å²) in [6.07, 6.45) is 0.795. The molecule has 1 heterocycles. The molecule has 2 N–H and O–H groups in total. The Hall–Kier alpha value is -1.51. The topological polar surface area (TPSA) is 49.3 Å². The number of phenolic OH excluding ortho intramolecular Hbond substituents is 1. The van der Waals surface area contributed by atoms with Gasteiger partial charge in [0.05, 0.1) is 5.92 Å². The molecule has 0 aromatic heterocycles. The number of nitrogens with one attached hydrogen (secondary N) is 1. The number of carbonyl (C=O) groups excluding carboxylic acids is 1. The van der Waals surface area contributed by atoms with Crippen LogP contribution in [0.2, 0.25) is 0 Å². The van der Waals surface area contributed by atoms with Crippen LogP contribution in [0, 0.1) is 0 Å². The van der Waals surface area contributed by atoms with Gasteiger partial charge in [-0.05, 0) is 18.1 Å². The first-order valence-electron chi connectivity index (χ1n) is 4.36. The third kappa shape index (κ3) is 1.16. The number of amides is 1. The van der Waals surface area contributed by atoms with E-state index in [1.54, 1.807) is 18.2 Å². The molecule has 2 rings (SSSR count). The molecule has 0 aliphatic carbocycles. The Balaban J connectivity index is 2.48. The van der Waals surface area contributed by atoms with Gasteiger partial charge in [-0.15, -0.1) is 0 Å². The molecule has 1 aliphatic heterocycles. The quantitative estimate of drug-likeness (QED) is 0.687. The normalized spacial score (nSPS) is 19.8. The molecule has 1 atom stereocenters. The van der Waals surface area contributed by atoms with Crippen molar-refractivity contribution in [3.8, 4) is 5.75 Å². The van der Waals surface area contributed by atoms with E-state index in [0.29, 0.717) is 0 Å². The number of benzene rings is 1. The van der Waals surface area contributed by atoms with Crippen molar-refractivity contribution in [2.45, 2.75) is 19.3 Å². The number of aromatic hydroxyl groups is 1. The molecule has 1 amide bonds. The average Bonchev–Trinajstić information content (AvgIpc) is 2.39. The first-order chi connectivity index (χ1) is 6.22. The maximum absolute atomic E-state index is 11.4. The molecule has 0 saturated heterocycles. The summed E-state index contributed by atoms with van der Waals surface area (Å²) in [6.45, 7) is 1.98. The zero-order chi connectivity index (χ0) is 9.42. The summed E-state index contributed by atoms with van der Waals surface area (Å²) in [6, 6.07) is 5.00. The van der Waals surface area contributed by atoms with Crippen LogP contribution in [0.3, 0.4) is 0 Å². The summed E-state index contributed by atoms with van der Waals surface area (Å²) in [5.74, 6) is 0.175. The van der Waals surface area contributed by atoms with Crippen LogP contribution >= 0.6 is 0 Å². The van der Waals surface area contributed by atoms with Crippen molar-refractivity contribution in [2.75, 3.05) is 5.32 Å². The number of phenols is 1. The van der Waals surface area contributed by atoms with Crippen LogP contribution < -0.4 is 5.32 Å². The van der Waals surface area contributed by atoms with Crippen molar-refractivity contribution in [3.63, 3.8) is 0 Å². The predicted molar refractivity (Wildman–Crippen MR) is 49.8 cm³/mol. The van der Waals surface area contributed by atoms with Gasteiger partial charge in [-0.2, -0.15) is 0 Å². The van der Waals surface area contributed by atoms with Crippen molar-refractivity contribution in [3.05, 3.63) is 23.8 Å². The molecule has 68 valence electrons. The van der Waals surface area contributed by atoms with E-state index in [2.05, 4.69) is 5.32 Å². The second kappa shape index (κ2) is 2.76. The summed E-state index contributed by atoms with van der Waals surface area (Å²) in [4.78, 5) is 11.4. The maximum atomic E-state index is 11.4. The number of anilines is 1. The average molecular weight is 177 g/mol. The van der Waals surface area contributed by atoms with Crippen LogP contribution in [0.1, 0.15) is 24.8 Å². The van der Waals surface area contributed by atoms with Crippen molar-refractivity contribution in [2.24, 2.45) is 0 Å². The number of carbonyl (C=O) groups is 1. The highest BCUT2D eigenvalue weighted by molar-refractivity contribution is 6.03. The standard InChI is InChI=1S/C10H11NO2/c1-2-7-8-4-3-6(12)5-9(8)11-10(7)13/h3-5,7,12H,2H2,1H3,(H,11,13)/t7-/m0/s1. The fourth-order valence-corrected chi connectivity index (χ4v) is 1.72. The first kappa shape index (κ1) is 8.10. The van der Waals surface area contributed by atoms with Crippen LogP contribution in [0.4, 0.5) is 5.69 Å². The highest BCUT2D eigenvalue weighted by atomic mass is 16.3. The number of hydrogen-bond donors (Lipinski definition) is 2. The number of hydrogen-bond acceptors (Lipinski definition) is 2. The molecule has 0 radical (unpaired) electrons. The van der Waals surface area contributed by atoms with E-state index in [4.69, 9.17) is 0 Å². The predicted octanol–water partition coefficient (Wildman–Crippen LogP) is 1.84. The molecule has 0 bridgehead atoms. The van der Waals surface area contributed by atoms with Gasteiger partial charge in [-0.1, -0.05) is 13.0 Å². The molecule has 3 nitrogen and oxygen atoms in total. The van der Waals surface area contributed by atoms with Gasteiger partial charge in [-0.25, -0.2) is 0 Å². The lowest BCUT2D eigenvalue weighted by Crippen LogP contribution is -2.10. The Morgan fingerprint density at radius 3 is 3.00 bits per heavy atom. The first-order valence-corrected chi connectivity index (χ1v) is 4.36. The summed E-state index contributed by atoms with van der Waals surface area (Å²) in [5, 5.41) is 11.9. The minimum absolute atomic E-state index is 0.0306. The van der Waals surface area contributed by atoms with Crippen LogP contribution in [0.15, 0.2) is 18.2 Å². The second-order valence-electron chi connectivity index (χ2n) is 3.22. The smallest absolute Gasteiger partial charge is 0.231 e. The fraction of sp³-hybridized carbons (Fsp3) is 0.300. The zero-order valence-electron chi connectivity index (χ0n) is 7.37. The van der Waals surface area contributed by atoms with Crippen LogP contribution in [0.5, 0.6) is 5.75 Å². The van der Waals surface area contributed by atoms with Gasteiger partial charge in [0.25, 0.3) is 0 Å². The van der Waals surface area contributed by atoms with Crippen LogP contribution in [0.25, 0.3) is 0 Å². The summed E-state index contributed by atoms with van der Waals surface area (Å²) < 4.78 is 0. The van der Waals surface area contributed by atoms with E-state index in [9.17, 15) is 9.90 Å². The molecular formula is C10H11NO2. The van der Waals surface area contributed by atoms with Gasteiger partial charge in [0.2, 0.25) is 5.91 Å². The molecule has 13 heavy (non-hydrogen) atoms. The van der Waals surface area contributed by atoms with E-state index in [-0.39, 0.29) is 17.6 Å². The van der Waals surface area contributed by atoms with Gasteiger partial charge in [-0.3, -0.25) is 4.79 Å². The Morgan fingerprint density at radius 2 is 2.31 bits per heavy atom. The largest absolute Gasteiger partial charge is 0.508 e. The zero-order valence-corrected chi connectivity index (χ0v) is 7.37. The van der Waals surface area contributed by atoms with Crippen molar-refractivity contribution >= 4 is 11.6 Å². The minimum Gasteiger partial charge on any atom is -0.508 e. The van der Waals surface area contributed by atoms with Crippen molar-refractivity contribution in [1.82, 2.24) is 0 Å². The molecular weight excluding hydrogens is 166 g/mol. The fourth-order valence-electron chi connectivity index (χ4n) is 1.72.